The number of nitrogens with one attached hydrogen (secondary N) is 1. The molecular formula is C15H15BrClNO. The molecular weight excluding hydrogens is 326 g/mol. The zero-order chi connectivity index (χ0) is 13.7. The molecule has 4 heteroatoms. The van der Waals surface area contributed by atoms with Crippen molar-refractivity contribution in [1.82, 2.24) is 0 Å². The van der Waals surface area contributed by atoms with E-state index in [-0.39, 0.29) is 0 Å². The van der Waals surface area contributed by atoms with Crippen molar-refractivity contribution in [2.75, 3.05) is 11.9 Å². The molecule has 2 nitrogen and oxygen atoms in total. The molecule has 0 aliphatic carbocycles. The lowest BCUT2D eigenvalue weighted by Gasteiger charge is -2.12. The van der Waals surface area contributed by atoms with Gasteiger partial charge in [-0.25, -0.2) is 0 Å². The van der Waals surface area contributed by atoms with Crippen LogP contribution >= 0.6 is 27.5 Å². The number of para-hydroxylation sites is 1. The number of benzene rings is 2. The average molecular weight is 341 g/mol. The molecule has 100 valence electrons. The van der Waals surface area contributed by atoms with Gasteiger partial charge in [0.05, 0.1) is 12.3 Å². The molecule has 0 atom stereocenters. The van der Waals surface area contributed by atoms with Gasteiger partial charge in [0.25, 0.3) is 0 Å². The van der Waals surface area contributed by atoms with Gasteiger partial charge < -0.3 is 10.1 Å². The van der Waals surface area contributed by atoms with E-state index in [4.69, 9.17) is 16.3 Å². The Kier molecular flexibility index (Phi) is 5.11. The number of rotatable bonds is 5. The largest absolute Gasteiger partial charge is 0.494 e. The third-order valence-corrected chi connectivity index (χ3v) is 3.60. The molecule has 0 heterocycles. The van der Waals surface area contributed by atoms with Gasteiger partial charge in [-0.15, -0.1) is 0 Å². The summed E-state index contributed by atoms with van der Waals surface area (Å²) in [5, 5.41) is 4.07. The van der Waals surface area contributed by atoms with Crippen LogP contribution in [-0.4, -0.2) is 6.61 Å². The normalized spacial score (nSPS) is 10.3. The van der Waals surface area contributed by atoms with E-state index in [1.807, 2.05) is 43.3 Å². The Bertz CT molecular complexity index is 560. The molecule has 0 amide bonds. The van der Waals surface area contributed by atoms with Gasteiger partial charge in [-0.2, -0.15) is 0 Å². The first-order valence-electron chi connectivity index (χ1n) is 6.10. The smallest absolute Gasteiger partial charge is 0.124 e. The van der Waals surface area contributed by atoms with Crippen LogP contribution in [0.3, 0.4) is 0 Å². The van der Waals surface area contributed by atoms with E-state index in [0.29, 0.717) is 18.2 Å². The number of ether oxygens (including phenoxy) is 1. The maximum Gasteiger partial charge on any atom is 0.124 e. The fourth-order valence-electron chi connectivity index (χ4n) is 1.77. The molecule has 0 fully saturated rings. The first-order valence-corrected chi connectivity index (χ1v) is 7.27. The van der Waals surface area contributed by atoms with Crippen LogP contribution in [0.25, 0.3) is 0 Å². The van der Waals surface area contributed by atoms with Crippen molar-refractivity contribution < 1.29 is 4.74 Å². The van der Waals surface area contributed by atoms with E-state index < -0.39 is 0 Å². The Hall–Kier alpha value is -1.19. The zero-order valence-electron chi connectivity index (χ0n) is 10.6. The van der Waals surface area contributed by atoms with E-state index in [0.717, 1.165) is 21.5 Å². The van der Waals surface area contributed by atoms with Crippen molar-refractivity contribution in [3.8, 4) is 5.75 Å². The Balaban J connectivity index is 2.12. The quantitative estimate of drug-likeness (QED) is 0.816. The van der Waals surface area contributed by atoms with Crippen LogP contribution in [0.1, 0.15) is 12.5 Å². The molecule has 0 aromatic heterocycles. The molecule has 2 aromatic carbocycles. The number of hydrogen-bond donors (Lipinski definition) is 1. The fourth-order valence-corrected chi connectivity index (χ4v) is 2.33. The Morgan fingerprint density at radius 3 is 2.79 bits per heavy atom. The molecule has 0 aliphatic rings. The summed E-state index contributed by atoms with van der Waals surface area (Å²) in [6, 6.07) is 13.7. The average Bonchev–Trinajstić information content (AvgIpc) is 2.42. The Morgan fingerprint density at radius 2 is 2.00 bits per heavy atom. The highest BCUT2D eigenvalue weighted by Crippen LogP contribution is 2.27. The van der Waals surface area contributed by atoms with Crippen molar-refractivity contribution in [3.05, 3.63) is 57.5 Å². The molecule has 0 bridgehead atoms. The van der Waals surface area contributed by atoms with Gasteiger partial charge in [0.1, 0.15) is 5.75 Å². The lowest BCUT2D eigenvalue weighted by atomic mass is 10.2. The minimum atomic E-state index is 0.665. The van der Waals surface area contributed by atoms with Gasteiger partial charge in [-0.3, -0.25) is 0 Å². The van der Waals surface area contributed by atoms with Crippen LogP contribution in [0.5, 0.6) is 5.75 Å². The van der Waals surface area contributed by atoms with Crippen molar-refractivity contribution in [2.24, 2.45) is 0 Å². The van der Waals surface area contributed by atoms with Crippen LogP contribution in [0.15, 0.2) is 46.9 Å². The maximum atomic E-state index is 5.99. The Morgan fingerprint density at radius 1 is 1.21 bits per heavy atom. The van der Waals surface area contributed by atoms with Crippen LogP contribution in [0.4, 0.5) is 5.69 Å². The Labute approximate surface area is 126 Å². The second-order valence-corrected chi connectivity index (χ2v) is 5.31. The second kappa shape index (κ2) is 6.83. The molecule has 0 saturated heterocycles. The molecule has 0 spiro atoms. The fraction of sp³-hybridized carbons (Fsp3) is 0.200. The van der Waals surface area contributed by atoms with Crippen molar-refractivity contribution in [3.63, 3.8) is 0 Å². The number of hydrogen-bond acceptors (Lipinski definition) is 2. The summed E-state index contributed by atoms with van der Waals surface area (Å²) >= 11 is 9.49. The molecule has 1 N–H and O–H groups in total. The van der Waals surface area contributed by atoms with Crippen molar-refractivity contribution >= 4 is 33.2 Å². The standard InChI is InChI=1S/C15H15BrClNO/c1-2-19-15-6-4-3-5-11(15)10-18-14-9-12(17)7-8-13(14)16/h3-9,18H,2,10H2,1H3. The summed E-state index contributed by atoms with van der Waals surface area (Å²) < 4.78 is 6.59. The minimum Gasteiger partial charge on any atom is -0.494 e. The van der Waals surface area contributed by atoms with Crippen LogP contribution in [0.2, 0.25) is 5.02 Å². The lowest BCUT2D eigenvalue weighted by Crippen LogP contribution is -2.03. The third kappa shape index (κ3) is 3.88. The van der Waals surface area contributed by atoms with E-state index >= 15 is 0 Å². The molecule has 19 heavy (non-hydrogen) atoms. The summed E-state index contributed by atoms with van der Waals surface area (Å²) in [6.45, 7) is 3.34. The highest BCUT2D eigenvalue weighted by atomic mass is 79.9. The SMILES string of the molecule is CCOc1ccccc1CNc1cc(Cl)ccc1Br. The summed E-state index contributed by atoms with van der Waals surface area (Å²) in [6.07, 6.45) is 0. The first-order chi connectivity index (χ1) is 9.20. The zero-order valence-corrected chi connectivity index (χ0v) is 13.0. The summed E-state index contributed by atoms with van der Waals surface area (Å²) in [5.74, 6) is 0.913. The predicted molar refractivity (Wildman–Crippen MR) is 84.1 cm³/mol. The third-order valence-electron chi connectivity index (χ3n) is 2.67. The van der Waals surface area contributed by atoms with Crippen LogP contribution in [-0.2, 0) is 6.54 Å². The van der Waals surface area contributed by atoms with Crippen LogP contribution in [0, 0.1) is 0 Å². The highest BCUT2D eigenvalue weighted by Gasteiger charge is 2.04. The molecule has 2 rings (SSSR count). The minimum absolute atomic E-state index is 0.665. The van der Waals surface area contributed by atoms with E-state index in [2.05, 4.69) is 27.3 Å². The van der Waals surface area contributed by atoms with E-state index in [9.17, 15) is 0 Å². The predicted octanol–water partition coefficient (Wildman–Crippen LogP) is 5.11. The van der Waals surface area contributed by atoms with Crippen molar-refractivity contribution in [2.45, 2.75) is 13.5 Å². The van der Waals surface area contributed by atoms with Crippen molar-refractivity contribution in [1.29, 1.82) is 0 Å². The molecule has 0 saturated carbocycles. The number of halogens is 2. The van der Waals surface area contributed by atoms with E-state index in [1.54, 1.807) is 0 Å². The van der Waals surface area contributed by atoms with Crippen LogP contribution < -0.4 is 10.1 Å². The summed E-state index contributed by atoms with van der Waals surface area (Å²) in [5.41, 5.74) is 2.09. The van der Waals surface area contributed by atoms with E-state index in [1.165, 1.54) is 0 Å². The summed E-state index contributed by atoms with van der Waals surface area (Å²) in [7, 11) is 0. The highest BCUT2D eigenvalue weighted by molar-refractivity contribution is 9.10. The van der Waals surface area contributed by atoms with Gasteiger partial charge >= 0.3 is 0 Å². The van der Waals surface area contributed by atoms with Gasteiger partial charge in [-0.1, -0.05) is 29.8 Å². The summed E-state index contributed by atoms with van der Waals surface area (Å²) in [4.78, 5) is 0. The van der Waals surface area contributed by atoms with Gasteiger partial charge in [0.15, 0.2) is 0 Å². The molecule has 2 aromatic rings. The van der Waals surface area contributed by atoms with Gasteiger partial charge in [-0.05, 0) is 47.1 Å². The second-order valence-electron chi connectivity index (χ2n) is 4.02. The topological polar surface area (TPSA) is 21.3 Å². The van der Waals surface area contributed by atoms with Gasteiger partial charge in [0, 0.05) is 21.6 Å². The molecule has 0 radical (unpaired) electrons. The lowest BCUT2D eigenvalue weighted by molar-refractivity contribution is 0.337. The van der Waals surface area contributed by atoms with Gasteiger partial charge in [0.2, 0.25) is 0 Å². The number of anilines is 1. The maximum absolute atomic E-state index is 5.99. The molecule has 0 unspecified atom stereocenters. The first kappa shape index (κ1) is 14.2. The molecule has 0 aliphatic heterocycles. The monoisotopic (exact) mass is 339 g/mol.